The maximum absolute atomic E-state index is 10.2. The topological polar surface area (TPSA) is 80.4 Å². The Balaban J connectivity index is 3.80. The molecule has 5 heteroatoms. The Hall–Kier alpha value is -0.390. The van der Waals surface area contributed by atoms with Crippen LogP contribution in [0.25, 0.3) is 0 Å². The van der Waals surface area contributed by atoms with Crippen molar-refractivity contribution in [3.8, 4) is 0 Å². The molecule has 1 atom stereocenters. The van der Waals surface area contributed by atoms with Gasteiger partial charge in [0.05, 0.1) is 5.75 Å². The molecule has 10 heavy (non-hydrogen) atoms. The van der Waals surface area contributed by atoms with Crippen molar-refractivity contribution in [2.24, 2.45) is 5.73 Å². The zero-order chi connectivity index (χ0) is 8.20. The smallest absolute Gasteiger partial charge is 0.266 e. The first-order chi connectivity index (χ1) is 4.45. The van der Waals surface area contributed by atoms with Gasteiger partial charge < -0.3 is 5.73 Å². The highest BCUT2D eigenvalue weighted by Crippen LogP contribution is 1.92. The molecule has 0 saturated carbocycles. The molecule has 0 fully saturated rings. The lowest BCUT2D eigenvalue weighted by Crippen LogP contribution is -2.28. The molecule has 0 aliphatic heterocycles. The lowest BCUT2D eigenvalue weighted by atomic mass is 10.2. The van der Waals surface area contributed by atoms with Crippen molar-refractivity contribution in [3.63, 3.8) is 0 Å². The van der Waals surface area contributed by atoms with Crippen LogP contribution < -0.4 is 5.73 Å². The highest BCUT2D eigenvalue weighted by atomic mass is 32.2. The molecule has 60 valence electrons. The second kappa shape index (κ2) is 3.70. The predicted molar refractivity (Wildman–Crippen MR) is 39.2 cm³/mol. The van der Waals surface area contributed by atoms with Crippen molar-refractivity contribution in [2.75, 3.05) is 5.75 Å². The fourth-order valence-electron chi connectivity index (χ4n) is 0.553. The quantitative estimate of drug-likeness (QED) is 0.445. The Morgan fingerprint density at radius 2 is 2.20 bits per heavy atom. The molecule has 0 spiro atoms. The summed E-state index contributed by atoms with van der Waals surface area (Å²) < 4.78 is 28.6. The fourth-order valence-corrected chi connectivity index (χ4v) is 1.23. The highest BCUT2D eigenvalue weighted by Gasteiger charge is 2.10. The second-order valence-electron chi connectivity index (χ2n) is 2.03. The molecular weight excluding hydrogens is 154 g/mol. The zero-order valence-electron chi connectivity index (χ0n) is 5.53. The van der Waals surface area contributed by atoms with Gasteiger partial charge in [0.25, 0.3) is 10.1 Å². The minimum atomic E-state index is -3.92. The number of nitrogens with two attached hydrogens (primary N) is 1. The molecule has 0 bridgehead atoms. The fraction of sp³-hybridized carbons (Fsp3) is 0.600. The van der Waals surface area contributed by atoms with Crippen LogP contribution in [0.4, 0.5) is 0 Å². The molecule has 0 aromatic carbocycles. The minimum absolute atomic E-state index is 0.389. The van der Waals surface area contributed by atoms with Crippen LogP contribution in [-0.2, 0) is 10.1 Å². The van der Waals surface area contributed by atoms with Gasteiger partial charge in [-0.2, -0.15) is 8.42 Å². The molecule has 0 radical (unpaired) electrons. The Morgan fingerprint density at radius 1 is 1.70 bits per heavy atom. The first-order valence-electron chi connectivity index (χ1n) is 2.77. The molecule has 4 nitrogen and oxygen atoms in total. The molecule has 0 aromatic heterocycles. The van der Waals surface area contributed by atoms with Crippen LogP contribution >= 0.6 is 0 Å². The van der Waals surface area contributed by atoms with Gasteiger partial charge in [-0.25, -0.2) is 0 Å². The van der Waals surface area contributed by atoms with Crippen LogP contribution in [0.5, 0.6) is 0 Å². The summed E-state index contributed by atoms with van der Waals surface area (Å²) in [4.78, 5) is 0. The molecular formula is C5H11NO3S. The molecule has 0 rings (SSSR count). The third-order valence-electron chi connectivity index (χ3n) is 0.894. The van der Waals surface area contributed by atoms with Crippen molar-refractivity contribution < 1.29 is 13.0 Å². The van der Waals surface area contributed by atoms with Crippen LogP contribution in [0.2, 0.25) is 0 Å². The van der Waals surface area contributed by atoms with Crippen LogP contribution in [0, 0.1) is 0 Å². The molecule has 3 N–H and O–H groups in total. The lowest BCUT2D eigenvalue weighted by molar-refractivity contribution is 0.477. The molecule has 0 amide bonds. The Kier molecular flexibility index (Phi) is 3.55. The monoisotopic (exact) mass is 165 g/mol. The first-order valence-corrected chi connectivity index (χ1v) is 4.38. The summed E-state index contributed by atoms with van der Waals surface area (Å²) in [6, 6.07) is -0.549. The first kappa shape index (κ1) is 9.61. The normalized spacial score (nSPS) is 14.6. The summed E-state index contributed by atoms with van der Waals surface area (Å²) >= 11 is 0. The highest BCUT2D eigenvalue weighted by molar-refractivity contribution is 7.85. The summed E-state index contributed by atoms with van der Waals surface area (Å²) in [5.41, 5.74) is 5.26. The van der Waals surface area contributed by atoms with E-state index in [-0.39, 0.29) is 0 Å². The van der Waals surface area contributed by atoms with E-state index in [0.29, 0.717) is 6.42 Å². The van der Waals surface area contributed by atoms with Crippen LogP contribution in [0.3, 0.4) is 0 Å². The van der Waals surface area contributed by atoms with Crippen LogP contribution in [-0.4, -0.2) is 24.8 Å². The third kappa shape index (κ3) is 5.74. The van der Waals surface area contributed by atoms with E-state index in [1.165, 1.54) is 6.08 Å². The maximum Gasteiger partial charge on any atom is 0.266 e. The van der Waals surface area contributed by atoms with E-state index in [0.717, 1.165) is 0 Å². The van der Waals surface area contributed by atoms with Crippen molar-refractivity contribution in [2.45, 2.75) is 12.5 Å². The third-order valence-corrected chi connectivity index (χ3v) is 1.74. The van der Waals surface area contributed by atoms with E-state index in [2.05, 4.69) is 6.58 Å². The number of rotatable bonds is 4. The van der Waals surface area contributed by atoms with Gasteiger partial charge in [0.1, 0.15) is 0 Å². The Bertz CT molecular complexity index is 197. The zero-order valence-corrected chi connectivity index (χ0v) is 6.34. The maximum atomic E-state index is 10.2. The summed E-state index contributed by atoms with van der Waals surface area (Å²) in [6.45, 7) is 3.37. The van der Waals surface area contributed by atoms with E-state index in [9.17, 15) is 8.42 Å². The van der Waals surface area contributed by atoms with E-state index in [1.54, 1.807) is 0 Å². The largest absolute Gasteiger partial charge is 0.326 e. The molecule has 0 unspecified atom stereocenters. The Morgan fingerprint density at radius 3 is 2.50 bits per heavy atom. The summed E-state index contributed by atoms with van der Waals surface area (Å²) in [5, 5.41) is 0. The van der Waals surface area contributed by atoms with Gasteiger partial charge in [0.2, 0.25) is 0 Å². The standard InChI is InChI=1S/C5H11NO3S/c1-2-3-5(6)4-10(7,8)9/h2,5H,1,3-4,6H2,(H,7,8,9)/t5-/m0/s1. The van der Waals surface area contributed by atoms with E-state index < -0.39 is 21.9 Å². The van der Waals surface area contributed by atoms with E-state index in [4.69, 9.17) is 10.3 Å². The molecule has 0 saturated heterocycles. The minimum Gasteiger partial charge on any atom is -0.326 e. The molecule has 0 heterocycles. The average molecular weight is 165 g/mol. The SMILES string of the molecule is C=CC[C@H](N)CS(=O)(=O)O. The second-order valence-corrected chi connectivity index (χ2v) is 3.53. The molecule has 0 aromatic rings. The summed E-state index contributed by atoms with van der Waals surface area (Å²) in [7, 11) is -3.92. The van der Waals surface area contributed by atoms with Crippen LogP contribution in [0.15, 0.2) is 12.7 Å². The lowest BCUT2D eigenvalue weighted by Gasteiger charge is -2.04. The Labute approximate surface area is 60.5 Å². The van der Waals surface area contributed by atoms with Gasteiger partial charge in [-0.05, 0) is 6.42 Å². The van der Waals surface area contributed by atoms with Gasteiger partial charge in [-0.1, -0.05) is 6.08 Å². The van der Waals surface area contributed by atoms with Crippen molar-refractivity contribution in [3.05, 3.63) is 12.7 Å². The van der Waals surface area contributed by atoms with Crippen molar-refractivity contribution >= 4 is 10.1 Å². The van der Waals surface area contributed by atoms with Gasteiger partial charge in [-0.15, -0.1) is 6.58 Å². The summed E-state index contributed by atoms with van der Waals surface area (Å²) in [5.74, 6) is -0.404. The van der Waals surface area contributed by atoms with Crippen molar-refractivity contribution in [1.82, 2.24) is 0 Å². The van der Waals surface area contributed by atoms with E-state index >= 15 is 0 Å². The van der Waals surface area contributed by atoms with Gasteiger partial charge in [-0.3, -0.25) is 4.55 Å². The van der Waals surface area contributed by atoms with Gasteiger partial charge >= 0.3 is 0 Å². The predicted octanol–water partition coefficient (Wildman–Crippen LogP) is -0.222. The number of hydrogen-bond donors (Lipinski definition) is 2. The van der Waals surface area contributed by atoms with Crippen molar-refractivity contribution in [1.29, 1.82) is 0 Å². The molecule has 0 aliphatic carbocycles. The molecule has 0 aliphatic rings. The number of hydrogen-bond acceptors (Lipinski definition) is 3. The van der Waals surface area contributed by atoms with Gasteiger partial charge in [0.15, 0.2) is 0 Å². The summed E-state index contributed by atoms with van der Waals surface area (Å²) in [6.07, 6.45) is 1.90. The van der Waals surface area contributed by atoms with Crippen LogP contribution in [0.1, 0.15) is 6.42 Å². The van der Waals surface area contributed by atoms with Gasteiger partial charge in [0, 0.05) is 6.04 Å². The average Bonchev–Trinajstić information content (AvgIpc) is 1.59. The van der Waals surface area contributed by atoms with E-state index in [1.807, 2.05) is 0 Å².